The minimum atomic E-state index is 0.964. The molecule has 0 radical (unpaired) electrons. The summed E-state index contributed by atoms with van der Waals surface area (Å²) in [5.74, 6) is 1.06. The van der Waals surface area contributed by atoms with E-state index in [1.807, 2.05) is 0 Å². The number of hydrogen-bond donors (Lipinski definition) is 0. The van der Waals surface area contributed by atoms with Crippen LogP contribution in [-0.4, -0.2) is 24.0 Å². The summed E-state index contributed by atoms with van der Waals surface area (Å²) in [5, 5.41) is 0. The lowest BCUT2D eigenvalue weighted by Gasteiger charge is -2.41. The van der Waals surface area contributed by atoms with E-state index in [1.165, 1.54) is 64.5 Å². The van der Waals surface area contributed by atoms with E-state index in [9.17, 15) is 0 Å². The molecule has 0 amide bonds. The fraction of sp³-hybridized carbons (Fsp3) is 1.00. The lowest BCUT2D eigenvalue weighted by molar-refractivity contribution is 0.0712. The molecule has 0 aromatic carbocycles. The molecule has 1 nitrogen and oxygen atoms in total. The summed E-state index contributed by atoms with van der Waals surface area (Å²) in [6.45, 7) is 5.11. The van der Waals surface area contributed by atoms with Gasteiger partial charge < -0.3 is 4.90 Å². The Labute approximate surface area is 88.9 Å². The molecule has 1 heteroatoms. The Morgan fingerprint density at radius 3 is 2.36 bits per heavy atom. The summed E-state index contributed by atoms with van der Waals surface area (Å²) in [6.07, 6.45) is 11.8. The van der Waals surface area contributed by atoms with Crippen LogP contribution in [0, 0.1) is 5.92 Å². The Balaban J connectivity index is 1.83. The third-order valence-electron chi connectivity index (χ3n) is 4.16. The molecule has 1 unspecified atom stereocenters. The van der Waals surface area contributed by atoms with Crippen LogP contribution in [-0.2, 0) is 0 Å². The zero-order valence-corrected chi connectivity index (χ0v) is 9.67. The maximum atomic E-state index is 2.76. The molecule has 2 aliphatic rings. The van der Waals surface area contributed by atoms with Crippen LogP contribution < -0.4 is 0 Å². The van der Waals surface area contributed by atoms with Gasteiger partial charge >= 0.3 is 0 Å². The van der Waals surface area contributed by atoms with Crippen molar-refractivity contribution in [2.24, 2.45) is 5.92 Å². The van der Waals surface area contributed by atoms with Crippen LogP contribution in [0.2, 0.25) is 0 Å². The van der Waals surface area contributed by atoms with Crippen molar-refractivity contribution in [3.8, 4) is 0 Å². The number of rotatable bonds is 5. The first-order chi connectivity index (χ1) is 6.92. The maximum absolute atomic E-state index is 2.76. The van der Waals surface area contributed by atoms with E-state index >= 15 is 0 Å². The van der Waals surface area contributed by atoms with E-state index in [-0.39, 0.29) is 0 Å². The Kier molecular flexibility index (Phi) is 3.86. The van der Waals surface area contributed by atoms with E-state index < -0.39 is 0 Å². The quantitative estimate of drug-likeness (QED) is 0.649. The van der Waals surface area contributed by atoms with Crippen LogP contribution in [0.1, 0.15) is 58.3 Å². The van der Waals surface area contributed by atoms with E-state index in [1.54, 1.807) is 0 Å². The molecule has 1 atom stereocenters. The van der Waals surface area contributed by atoms with Crippen molar-refractivity contribution >= 4 is 0 Å². The minimum Gasteiger partial charge on any atom is -0.300 e. The molecular formula is C13H25N. The highest BCUT2D eigenvalue weighted by Gasteiger charge is 2.31. The van der Waals surface area contributed by atoms with Gasteiger partial charge in [0, 0.05) is 6.04 Å². The van der Waals surface area contributed by atoms with Gasteiger partial charge in [0.05, 0.1) is 0 Å². The molecule has 0 aromatic rings. The van der Waals surface area contributed by atoms with E-state index in [4.69, 9.17) is 0 Å². The summed E-state index contributed by atoms with van der Waals surface area (Å²) in [6, 6.07) is 0.964. The van der Waals surface area contributed by atoms with Gasteiger partial charge in [-0.3, -0.25) is 0 Å². The smallest absolute Gasteiger partial charge is 0.0123 e. The fourth-order valence-electron chi connectivity index (χ4n) is 3.14. The summed E-state index contributed by atoms with van der Waals surface area (Å²) in [4.78, 5) is 2.76. The summed E-state index contributed by atoms with van der Waals surface area (Å²) >= 11 is 0. The monoisotopic (exact) mass is 195 g/mol. The second-order valence-corrected chi connectivity index (χ2v) is 5.14. The molecular weight excluding hydrogens is 170 g/mol. The van der Waals surface area contributed by atoms with Gasteiger partial charge in [0.1, 0.15) is 0 Å². The summed E-state index contributed by atoms with van der Waals surface area (Å²) < 4.78 is 0. The van der Waals surface area contributed by atoms with E-state index in [0.717, 1.165) is 12.0 Å². The largest absolute Gasteiger partial charge is 0.300 e. The molecule has 1 aliphatic heterocycles. The molecule has 2 rings (SSSR count). The van der Waals surface area contributed by atoms with Gasteiger partial charge in [0.25, 0.3) is 0 Å². The second-order valence-electron chi connectivity index (χ2n) is 5.14. The van der Waals surface area contributed by atoms with Crippen molar-refractivity contribution in [2.75, 3.05) is 13.1 Å². The first-order valence-corrected chi connectivity index (χ1v) is 6.66. The number of unbranched alkanes of at least 4 members (excludes halogenated alkanes) is 1. The summed E-state index contributed by atoms with van der Waals surface area (Å²) in [5.41, 5.74) is 0. The predicted molar refractivity (Wildman–Crippen MR) is 61.5 cm³/mol. The van der Waals surface area contributed by atoms with Crippen molar-refractivity contribution in [1.29, 1.82) is 0 Å². The van der Waals surface area contributed by atoms with Gasteiger partial charge in [0.15, 0.2) is 0 Å². The van der Waals surface area contributed by atoms with Crippen molar-refractivity contribution in [1.82, 2.24) is 4.90 Å². The van der Waals surface area contributed by atoms with Crippen LogP contribution >= 0.6 is 0 Å². The maximum Gasteiger partial charge on any atom is 0.0123 e. The molecule has 0 bridgehead atoms. The number of likely N-dealkylation sites (tertiary alicyclic amines) is 1. The van der Waals surface area contributed by atoms with Crippen LogP contribution in [0.25, 0.3) is 0 Å². The molecule has 1 saturated carbocycles. The standard InChI is InChI=1S/C13H25N/c1-2-3-9-13(14-10-6-11-14)12-7-4-5-8-12/h12-13H,2-11H2,1H3. The average Bonchev–Trinajstić information content (AvgIpc) is 2.61. The first-order valence-electron chi connectivity index (χ1n) is 6.66. The highest BCUT2D eigenvalue weighted by molar-refractivity contribution is 4.86. The summed E-state index contributed by atoms with van der Waals surface area (Å²) in [7, 11) is 0. The molecule has 14 heavy (non-hydrogen) atoms. The van der Waals surface area contributed by atoms with Gasteiger partial charge in [-0.1, -0.05) is 32.6 Å². The normalized spacial score (nSPS) is 26.4. The topological polar surface area (TPSA) is 3.24 Å². The SMILES string of the molecule is CCCCC(C1CCCC1)N1CCC1. The highest BCUT2D eigenvalue weighted by Crippen LogP contribution is 2.34. The Morgan fingerprint density at radius 2 is 1.86 bits per heavy atom. The Bertz CT molecular complexity index is 157. The molecule has 2 fully saturated rings. The van der Waals surface area contributed by atoms with E-state index in [2.05, 4.69) is 11.8 Å². The third-order valence-corrected chi connectivity index (χ3v) is 4.16. The highest BCUT2D eigenvalue weighted by atomic mass is 15.2. The predicted octanol–water partition coefficient (Wildman–Crippen LogP) is 3.44. The van der Waals surface area contributed by atoms with Gasteiger partial charge in [-0.2, -0.15) is 0 Å². The Morgan fingerprint density at radius 1 is 1.14 bits per heavy atom. The molecule has 1 heterocycles. The molecule has 0 spiro atoms. The van der Waals surface area contributed by atoms with Crippen molar-refractivity contribution in [3.63, 3.8) is 0 Å². The van der Waals surface area contributed by atoms with Crippen LogP contribution in [0.5, 0.6) is 0 Å². The van der Waals surface area contributed by atoms with Gasteiger partial charge in [-0.05, 0) is 44.7 Å². The van der Waals surface area contributed by atoms with Crippen LogP contribution in [0.15, 0.2) is 0 Å². The number of hydrogen-bond acceptors (Lipinski definition) is 1. The van der Waals surface area contributed by atoms with Crippen molar-refractivity contribution < 1.29 is 0 Å². The zero-order valence-electron chi connectivity index (χ0n) is 9.67. The second kappa shape index (κ2) is 5.16. The third kappa shape index (κ3) is 2.31. The molecule has 82 valence electrons. The molecule has 1 saturated heterocycles. The van der Waals surface area contributed by atoms with Crippen molar-refractivity contribution in [2.45, 2.75) is 64.3 Å². The van der Waals surface area contributed by atoms with Gasteiger partial charge in [0.2, 0.25) is 0 Å². The Hall–Kier alpha value is -0.0400. The van der Waals surface area contributed by atoms with Gasteiger partial charge in [-0.25, -0.2) is 0 Å². The minimum absolute atomic E-state index is 0.964. The first kappa shape index (κ1) is 10.5. The van der Waals surface area contributed by atoms with Crippen LogP contribution in [0.4, 0.5) is 0 Å². The molecule has 1 aliphatic carbocycles. The number of nitrogens with zero attached hydrogens (tertiary/aromatic N) is 1. The van der Waals surface area contributed by atoms with E-state index in [0.29, 0.717) is 0 Å². The molecule has 0 aromatic heterocycles. The van der Waals surface area contributed by atoms with Crippen molar-refractivity contribution in [3.05, 3.63) is 0 Å². The van der Waals surface area contributed by atoms with Crippen LogP contribution in [0.3, 0.4) is 0 Å². The molecule has 0 N–H and O–H groups in total. The lowest BCUT2D eigenvalue weighted by Crippen LogP contribution is -2.48. The lowest BCUT2D eigenvalue weighted by atomic mass is 9.90. The average molecular weight is 195 g/mol. The fourth-order valence-corrected chi connectivity index (χ4v) is 3.14. The van der Waals surface area contributed by atoms with Gasteiger partial charge in [-0.15, -0.1) is 0 Å². The zero-order chi connectivity index (χ0) is 9.80.